The molecule has 0 spiro atoms. The number of aliphatic hydroxyl groups is 1. The Balaban J connectivity index is 2.25. The molecule has 1 atom stereocenters. The molecule has 2 rings (SSSR count). The van der Waals surface area contributed by atoms with Crippen LogP contribution in [0.5, 0.6) is 0 Å². The lowest BCUT2D eigenvalue weighted by molar-refractivity contribution is -0.138. The molecule has 20 heavy (non-hydrogen) atoms. The SMILES string of the molecule is OC(Cc1ccccc1)c1ccc(Br)c(C(F)(F)F)c1. The third-order valence-electron chi connectivity index (χ3n) is 2.95. The van der Waals surface area contributed by atoms with Gasteiger partial charge in [-0.1, -0.05) is 52.3 Å². The summed E-state index contributed by atoms with van der Waals surface area (Å²) < 4.78 is 38.4. The third kappa shape index (κ3) is 3.61. The standard InChI is InChI=1S/C15H12BrF3O/c16-13-7-6-11(9-12(13)15(17,18)19)14(20)8-10-4-2-1-3-5-10/h1-7,9,14,20H,8H2. The molecular formula is C15H12BrF3O. The van der Waals surface area contributed by atoms with E-state index in [1.54, 1.807) is 0 Å². The Morgan fingerprint density at radius 3 is 2.30 bits per heavy atom. The molecule has 0 bridgehead atoms. The van der Waals surface area contributed by atoms with Crippen molar-refractivity contribution in [3.8, 4) is 0 Å². The van der Waals surface area contributed by atoms with Crippen LogP contribution in [0.15, 0.2) is 53.0 Å². The summed E-state index contributed by atoms with van der Waals surface area (Å²) in [5.74, 6) is 0. The molecule has 0 fully saturated rings. The topological polar surface area (TPSA) is 20.2 Å². The lowest BCUT2D eigenvalue weighted by Crippen LogP contribution is -2.09. The summed E-state index contributed by atoms with van der Waals surface area (Å²) in [5.41, 5.74) is 0.350. The molecule has 0 saturated heterocycles. The highest BCUT2D eigenvalue weighted by Gasteiger charge is 2.33. The van der Waals surface area contributed by atoms with Gasteiger partial charge in [0.2, 0.25) is 0 Å². The van der Waals surface area contributed by atoms with Crippen LogP contribution in [-0.4, -0.2) is 5.11 Å². The maximum absolute atomic E-state index is 12.8. The zero-order valence-electron chi connectivity index (χ0n) is 10.4. The fourth-order valence-electron chi connectivity index (χ4n) is 1.92. The zero-order chi connectivity index (χ0) is 14.8. The Hall–Kier alpha value is -1.33. The first-order valence-electron chi connectivity index (χ1n) is 5.96. The molecule has 106 valence electrons. The predicted molar refractivity (Wildman–Crippen MR) is 74.2 cm³/mol. The van der Waals surface area contributed by atoms with E-state index in [-0.39, 0.29) is 16.5 Å². The van der Waals surface area contributed by atoms with E-state index in [0.29, 0.717) is 0 Å². The van der Waals surface area contributed by atoms with Crippen LogP contribution in [-0.2, 0) is 12.6 Å². The minimum Gasteiger partial charge on any atom is -0.388 e. The third-order valence-corrected chi connectivity index (χ3v) is 3.64. The minimum atomic E-state index is -4.44. The highest BCUT2D eigenvalue weighted by atomic mass is 79.9. The summed E-state index contributed by atoms with van der Waals surface area (Å²) in [5, 5.41) is 10.1. The van der Waals surface area contributed by atoms with E-state index in [1.165, 1.54) is 12.1 Å². The van der Waals surface area contributed by atoms with Crippen molar-refractivity contribution in [3.05, 3.63) is 69.7 Å². The van der Waals surface area contributed by atoms with Gasteiger partial charge in [-0.05, 0) is 23.3 Å². The highest BCUT2D eigenvalue weighted by Crippen LogP contribution is 2.36. The van der Waals surface area contributed by atoms with E-state index in [0.717, 1.165) is 11.6 Å². The van der Waals surface area contributed by atoms with Crippen molar-refractivity contribution in [1.82, 2.24) is 0 Å². The van der Waals surface area contributed by atoms with E-state index >= 15 is 0 Å². The van der Waals surface area contributed by atoms with Crippen molar-refractivity contribution in [2.75, 3.05) is 0 Å². The number of benzene rings is 2. The molecule has 0 radical (unpaired) electrons. The number of aliphatic hydroxyl groups excluding tert-OH is 1. The Labute approximate surface area is 123 Å². The van der Waals surface area contributed by atoms with Crippen molar-refractivity contribution in [2.45, 2.75) is 18.7 Å². The van der Waals surface area contributed by atoms with Gasteiger partial charge < -0.3 is 5.11 Å². The average Bonchev–Trinajstić information content (AvgIpc) is 2.39. The molecule has 1 N–H and O–H groups in total. The number of rotatable bonds is 3. The van der Waals surface area contributed by atoms with E-state index in [4.69, 9.17) is 0 Å². The molecule has 1 nitrogen and oxygen atoms in total. The van der Waals surface area contributed by atoms with Gasteiger partial charge in [-0.25, -0.2) is 0 Å². The summed E-state index contributed by atoms with van der Waals surface area (Å²) in [4.78, 5) is 0. The van der Waals surface area contributed by atoms with Crippen LogP contribution in [0, 0.1) is 0 Å². The van der Waals surface area contributed by atoms with Crippen LogP contribution >= 0.6 is 15.9 Å². The molecule has 1 unspecified atom stereocenters. The van der Waals surface area contributed by atoms with Crippen LogP contribution in [0.2, 0.25) is 0 Å². The van der Waals surface area contributed by atoms with Crippen LogP contribution in [0.1, 0.15) is 22.8 Å². The Morgan fingerprint density at radius 2 is 1.70 bits per heavy atom. The molecule has 2 aromatic rings. The smallest absolute Gasteiger partial charge is 0.388 e. The van der Waals surface area contributed by atoms with Gasteiger partial charge in [-0.15, -0.1) is 0 Å². The van der Waals surface area contributed by atoms with Crippen molar-refractivity contribution >= 4 is 15.9 Å². The summed E-state index contributed by atoms with van der Waals surface area (Å²) in [7, 11) is 0. The quantitative estimate of drug-likeness (QED) is 0.852. The Kier molecular flexibility index (Phi) is 4.50. The van der Waals surface area contributed by atoms with E-state index in [1.807, 2.05) is 30.3 Å². The molecule has 2 aromatic carbocycles. The fourth-order valence-corrected chi connectivity index (χ4v) is 2.39. The van der Waals surface area contributed by atoms with Crippen LogP contribution in [0.4, 0.5) is 13.2 Å². The van der Waals surface area contributed by atoms with Gasteiger partial charge in [0, 0.05) is 10.9 Å². The van der Waals surface area contributed by atoms with Crippen molar-refractivity contribution in [1.29, 1.82) is 0 Å². The Bertz CT molecular complexity index is 581. The second kappa shape index (κ2) is 5.97. The number of halogens is 4. The molecule has 5 heteroatoms. The minimum absolute atomic E-state index is 0.0272. The number of hydrogen-bond donors (Lipinski definition) is 1. The first-order chi connectivity index (χ1) is 9.38. The van der Waals surface area contributed by atoms with E-state index in [9.17, 15) is 18.3 Å². The van der Waals surface area contributed by atoms with E-state index in [2.05, 4.69) is 15.9 Å². The molecule has 0 saturated carbocycles. The monoisotopic (exact) mass is 344 g/mol. The van der Waals surface area contributed by atoms with Gasteiger partial charge in [-0.3, -0.25) is 0 Å². The maximum atomic E-state index is 12.8. The van der Waals surface area contributed by atoms with Gasteiger partial charge >= 0.3 is 6.18 Å². The lowest BCUT2D eigenvalue weighted by atomic mass is 10.00. The van der Waals surface area contributed by atoms with Gasteiger partial charge in [0.1, 0.15) is 0 Å². The van der Waals surface area contributed by atoms with Gasteiger partial charge in [0.15, 0.2) is 0 Å². The summed E-state index contributed by atoms with van der Waals surface area (Å²) in [6.07, 6.45) is -5.13. The summed E-state index contributed by atoms with van der Waals surface area (Å²) in [6, 6.07) is 12.9. The molecule has 0 aliphatic carbocycles. The van der Waals surface area contributed by atoms with Gasteiger partial charge in [0.05, 0.1) is 11.7 Å². The van der Waals surface area contributed by atoms with Crippen LogP contribution < -0.4 is 0 Å². The van der Waals surface area contributed by atoms with E-state index < -0.39 is 17.8 Å². The molecule has 0 aliphatic heterocycles. The highest BCUT2D eigenvalue weighted by molar-refractivity contribution is 9.10. The molecule has 0 heterocycles. The first-order valence-corrected chi connectivity index (χ1v) is 6.76. The molecule has 0 aromatic heterocycles. The molecule has 0 amide bonds. The lowest BCUT2D eigenvalue weighted by Gasteiger charge is -2.15. The average molecular weight is 345 g/mol. The zero-order valence-corrected chi connectivity index (χ0v) is 11.9. The van der Waals surface area contributed by atoms with Crippen LogP contribution in [0.3, 0.4) is 0 Å². The summed E-state index contributed by atoms with van der Waals surface area (Å²) in [6.45, 7) is 0. The maximum Gasteiger partial charge on any atom is 0.417 e. The second-order valence-corrected chi connectivity index (χ2v) is 5.30. The molecular weight excluding hydrogens is 333 g/mol. The van der Waals surface area contributed by atoms with Crippen molar-refractivity contribution < 1.29 is 18.3 Å². The van der Waals surface area contributed by atoms with Crippen molar-refractivity contribution in [2.24, 2.45) is 0 Å². The number of alkyl halides is 3. The van der Waals surface area contributed by atoms with Crippen LogP contribution in [0.25, 0.3) is 0 Å². The molecule has 0 aliphatic rings. The second-order valence-electron chi connectivity index (χ2n) is 4.44. The number of hydrogen-bond acceptors (Lipinski definition) is 1. The van der Waals surface area contributed by atoms with Gasteiger partial charge in [0.25, 0.3) is 0 Å². The predicted octanol–water partition coefficient (Wildman–Crippen LogP) is 4.74. The fraction of sp³-hybridized carbons (Fsp3) is 0.200. The Morgan fingerprint density at radius 1 is 1.05 bits per heavy atom. The first kappa shape index (κ1) is 15.1. The summed E-state index contributed by atoms with van der Waals surface area (Å²) >= 11 is 2.88. The van der Waals surface area contributed by atoms with Gasteiger partial charge in [-0.2, -0.15) is 13.2 Å². The van der Waals surface area contributed by atoms with Crippen molar-refractivity contribution in [3.63, 3.8) is 0 Å². The normalized spacial score (nSPS) is 13.2. The largest absolute Gasteiger partial charge is 0.417 e.